The molecule has 0 fully saturated rings. The number of aliphatic hydroxyl groups is 2. The second kappa shape index (κ2) is 8.09. The van der Waals surface area contributed by atoms with Crippen molar-refractivity contribution in [2.24, 2.45) is 0 Å². The van der Waals surface area contributed by atoms with Gasteiger partial charge in [0, 0.05) is 18.1 Å². The molecule has 1 amide bonds. The predicted octanol–water partition coefficient (Wildman–Crippen LogP) is 1.23. The minimum Gasteiger partial charge on any atom is -0.481 e. The molecular weight excluding hydrogens is 282 g/mol. The zero-order chi connectivity index (χ0) is 15.1. The Bertz CT molecular complexity index is 447. The van der Waals surface area contributed by atoms with Gasteiger partial charge in [-0.25, -0.2) is 0 Å². The number of nitrogens with zero attached hydrogens (tertiary/aromatic N) is 1. The van der Waals surface area contributed by atoms with Crippen LogP contribution in [0, 0.1) is 6.92 Å². The SMILES string of the molecule is Cc1cc(Cl)ccc1OC(C)C(=O)N(CCO)CCO. The summed E-state index contributed by atoms with van der Waals surface area (Å²) in [6, 6.07) is 5.16. The fourth-order valence-corrected chi connectivity index (χ4v) is 2.04. The third-order valence-corrected chi connectivity index (χ3v) is 3.08. The Balaban J connectivity index is 2.73. The third-order valence-electron chi connectivity index (χ3n) is 2.84. The average molecular weight is 302 g/mol. The van der Waals surface area contributed by atoms with E-state index in [-0.39, 0.29) is 32.2 Å². The second-order valence-corrected chi connectivity index (χ2v) is 4.88. The van der Waals surface area contributed by atoms with Crippen LogP contribution < -0.4 is 4.74 Å². The smallest absolute Gasteiger partial charge is 0.263 e. The molecule has 1 aromatic rings. The van der Waals surface area contributed by atoms with E-state index in [9.17, 15) is 4.79 Å². The lowest BCUT2D eigenvalue weighted by atomic mass is 10.2. The van der Waals surface area contributed by atoms with Gasteiger partial charge >= 0.3 is 0 Å². The van der Waals surface area contributed by atoms with Gasteiger partial charge in [-0.3, -0.25) is 4.79 Å². The van der Waals surface area contributed by atoms with Crippen LogP contribution in [0.2, 0.25) is 5.02 Å². The zero-order valence-electron chi connectivity index (χ0n) is 11.7. The van der Waals surface area contributed by atoms with Gasteiger partial charge in [0.25, 0.3) is 5.91 Å². The Morgan fingerprint density at radius 3 is 2.45 bits per heavy atom. The molecule has 0 spiro atoms. The Hall–Kier alpha value is -1.30. The fourth-order valence-electron chi connectivity index (χ4n) is 1.82. The summed E-state index contributed by atoms with van der Waals surface area (Å²) >= 11 is 5.86. The van der Waals surface area contributed by atoms with Gasteiger partial charge in [-0.05, 0) is 37.6 Å². The van der Waals surface area contributed by atoms with Crippen LogP contribution in [-0.2, 0) is 4.79 Å². The minimum absolute atomic E-state index is 0.154. The van der Waals surface area contributed by atoms with E-state index < -0.39 is 6.10 Å². The molecule has 1 aromatic carbocycles. The largest absolute Gasteiger partial charge is 0.481 e. The first-order chi connectivity index (χ1) is 9.49. The van der Waals surface area contributed by atoms with Crippen LogP contribution in [0.1, 0.15) is 12.5 Å². The summed E-state index contributed by atoms with van der Waals surface area (Å²) in [5.41, 5.74) is 0.841. The molecule has 0 bridgehead atoms. The van der Waals surface area contributed by atoms with Gasteiger partial charge < -0.3 is 19.8 Å². The van der Waals surface area contributed by atoms with Crippen LogP contribution in [-0.4, -0.2) is 53.4 Å². The molecule has 0 radical (unpaired) electrons. The maximum absolute atomic E-state index is 12.2. The van der Waals surface area contributed by atoms with Gasteiger partial charge in [0.2, 0.25) is 0 Å². The summed E-state index contributed by atoms with van der Waals surface area (Å²) in [4.78, 5) is 13.5. The van der Waals surface area contributed by atoms with Crippen molar-refractivity contribution in [1.82, 2.24) is 4.90 Å². The molecule has 5 nitrogen and oxygen atoms in total. The summed E-state index contributed by atoms with van der Waals surface area (Å²) in [7, 11) is 0. The van der Waals surface area contributed by atoms with Gasteiger partial charge in [-0.2, -0.15) is 0 Å². The molecule has 0 aliphatic rings. The highest BCUT2D eigenvalue weighted by Crippen LogP contribution is 2.23. The molecule has 20 heavy (non-hydrogen) atoms. The molecule has 1 rings (SSSR count). The maximum atomic E-state index is 12.2. The van der Waals surface area contributed by atoms with Crippen molar-refractivity contribution in [3.63, 3.8) is 0 Å². The number of amides is 1. The first kappa shape index (κ1) is 16.8. The Morgan fingerprint density at radius 2 is 1.95 bits per heavy atom. The van der Waals surface area contributed by atoms with Crippen molar-refractivity contribution in [3.8, 4) is 5.75 Å². The van der Waals surface area contributed by atoms with E-state index in [0.29, 0.717) is 10.8 Å². The maximum Gasteiger partial charge on any atom is 0.263 e. The number of ether oxygens (including phenoxy) is 1. The van der Waals surface area contributed by atoms with Gasteiger partial charge in [0.05, 0.1) is 13.2 Å². The topological polar surface area (TPSA) is 70.0 Å². The van der Waals surface area contributed by atoms with Crippen molar-refractivity contribution in [2.75, 3.05) is 26.3 Å². The molecule has 2 N–H and O–H groups in total. The molecule has 1 atom stereocenters. The summed E-state index contributed by atoms with van der Waals surface area (Å²) in [5, 5.41) is 18.5. The highest BCUT2D eigenvalue weighted by Gasteiger charge is 2.21. The third kappa shape index (κ3) is 4.67. The number of rotatable bonds is 7. The Kier molecular flexibility index (Phi) is 6.78. The first-order valence-electron chi connectivity index (χ1n) is 6.43. The Labute approximate surface area is 123 Å². The fraction of sp³-hybridized carbons (Fsp3) is 0.500. The molecule has 112 valence electrons. The van der Waals surface area contributed by atoms with E-state index >= 15 is 0 Å². The minimum atomic E-state index is -0.701. The molecule has 0 saturated heterocycles. The van der Waals surface area contributed by atoms with E-state index in [1.54, 1.807) is 25.1 Å². The molecule has 0 saturated carbocycles. The number of hydrogen-bond donors (Lipinski definition) is 2. The average Bonchev–Trinajstić information content (AvgIpc) is 2.40. The van der Waals surface area contributed by atoms with Crippen molar-refractivity contribution in [3.05, 3.63) is 28.8 Å². The lowest BCUT2D eigenvalue weighted by Crippen LogP contribution is -2.43. The molecule has 1 unspecified atom stereocenters. The predicted molar refractivity (Wildman–Crippen MR) is 77.0 cm³/mol. The summed E-state index contributed by atoms with van der Waals surface area (Å²) in [6.07, 6.45) is -0.701. The van der Waals surface area contributed by atoms with Gasteiger partial charge in [0.15, 0.2) is 6.10 Å². The van der Waals surface area contributed by atoms with Crippen LogP contribution in [0.3, 0.4) is 0 Å². The molecular formula is C14H20ClNO4. The van der Waals surface area contributed by atoms with Crippen LogP contribution in [0.4, 0.5) is 0 Å². The zero-order valence-corrected chi connectivity index (χ0v) is 12.4. The van der Waals surface area contributed by atoms with Crippen LogP contribution >= 0.6 is 11.6 Å². The number of carbonyl (C=O) groups is 1. The van der Waals surface area contributed by atoms with Crippen molar-refractivity contribution in [1.29, 1.82) is 0 Å². The Morgan fingerprint density at radius 1 is 1.35 bits per heavy atom. The lowest BCUT2D eigenvalue weighted by molar-refractivity contribution is -0.139. The van der Waals surface area contributed by atoms with Gasteiger partial charge in [-0.1, -0.05) is 11.6 Å². The number of aryl methyl sites for hydroxylation is 1. The molecule has 0 aliphatic carbocycles. The van der Waals surface area contributed by atoms with Crippen molar-refractivity contribution in [2.45, 2.75) is 20.0 Å². The number of hydrogen-bond acceptors (Lipinski definition) is 4. The molecule has 6 heteroatoms. The van der Waals surface area contributed by atoms with Crippen molar-refractivity contribution >= 4 is 17.5 Å². The standard InChI is InChI=1S/C14H20ClNO4/c1-10-9-12(15)3-4-13(10)20-11(2)14(19)16(5-7-17)6-8-18/h3-4,9,11,17-18H,5-8H2,1-2H3. The number of aliphatic hydroxyl groups excluding tert-OH is 2. The highest BCUT2D eigenvalue weighted by atomic mass is 35.5. The molecule has 0 aromatic heterocycles. The quantitative estimate of drug-likeness (QED) is 0.795. The van der Waals surface area contributed by atoms with E-state index in [1.807, 2.05) is 6.92 Å². The van der Waals surface area contributed by atoms with Gasteiger partial charge in [-0.15, -0.1) is 0 Å². The molecule has 0 heterocycles. The number of halogens is 1. The highest BCUT2D eigenvalue weighted by molar-refractivity contribution is 6.30. The normalized spacial score (nSPS) is 12.1. The summed E-state index contributed by atoms with van der Waals surface area (Å²) < 4.78 is 5.62. The van der Waals surface area contributed by atoms with E-state index in [2.05, 4.69) is 0 Å². The number of benzene rings is 1. The summed E-state index contributed by atoms with van der Waals surface area (Å²) in [5.74, 6) is 0.311. The van der Waals surface area contributed by atoms with Crippen LogP contribution in [0.25, 0.3) is 0 Å². The van der Waals surface area contributed by atoms with Crippen LogP contribution in [0.5, 0.6) is 5.75 Å². The lowest BCUT2D eigenvalue weighted by Gasteiger charge is -2.25. The van der Waals surface area contributed by atoms with Gasteiger partial charge in [0.1, 0.15) is 5.75 Å². The summed E-state index contributed by atoms with van der Waals surface area (Å²) in [6.45, 7) is 3.52. The second-order valence-electron chi connectivity index (χ2n) is 4.44. The van der Waals surface area contributed by atoms with Crippen LogP contribution in [0.15, 0.2) is 18.2 Å². The monoisotopic (exact) mass is 301 g/mol. The number of carbonyl (C=O) groups excluding carboxylic acids is 1. The van der Waals surface area contributed by atoms with E-state index in [1.165, 1.54) is 4.90 Å². The first-order valence-corrected chi connectivity index (χ1v) is 6.80. The van der Waals surface area contributed by atoms with Crippen molar-refractivity contribution < 1.29 is 19.7 Å². The van der Waals surface area contributed by atoms with E-state index in [0.717, 1.165) is 5.56 Å². The van der Waals surface area contributed by atoms with E-state index in [4.69, 9.17) is 26.6 Å². The molecule has 0 aliphatic heterocycles.